The molecule has 15 heavy (non-hydrogen) atoms. The quantitative estimate of drug-likeness (QED) is 0.550. The van der Waals surface area contributed by atoms with Crippen LogP contribution in [0.3, 0.4) is 0 Å². The van der Waals surface area contributed by atoms with Crippen molar-refractivity contribution in [2.75, 3.05) is 19.0 Å². The zero-order chi connectivity index (χ0) is 11.1. The zero-order valence-electron chi connectivity index (χ0n) is 8.30. The Bertz CT molecular complexity index is 315. The largest absolute Gasteiger partial charge is 0.481 e. The van der Waals surface area contributed by atoms with Gasteiger partial charge in [0.1, 0.15) is 5.75 Å². The van der Waals surface area contributed by atoms with Crippen molar-refractivity contribution in [2.45, 2.75) is 18.6 Å². The molecule has 1 N–H and O–H groups in total. The number of aromatic nitrogens is 2. The van der Waals surface area contributed by atoms with Crippen molar-refractivity contribution < 1.29 is 19.2 Å². The van der Waals surface area contributed by atoms with Gasteiger partial charge in [-0.05, 0) is 6.92 Å². The average Bonchev–Trinajstić information content (AvgIpc) is 2.63. The molecule has 1 aromatic heterocycles. The molecule has 0 unspecified atom stereocenters. The second-order valence-electron chi connectivity index (χ2n) is 2.61. The van der Waals surface area contributed by atoms with Gasteiger partial charge in [-0.2, -0.15) is 4.98 Å². The Hall–Kier alpha value is -1.08. The average molecular weight is 232 g/mol. The maximum absolute atomic E-state index is 10.3. The molecule has 0 spiro atoms. The molecule has 6 nitrogen and oxygen atoms in total. The standard InChI is InChI=1S/C8H12N2O4S/c1-2-13-4-3-6-9-8(14-10-6)15-5-7(11)12/h2-5H2,1H3,(H,11,12). The summed E-state index contributed by atoms with van der Waals surface area (Å²) >= 11 is 1.01. The van der Waals surface area contributed by atoms with Gasteiger partial charge >= 0.3 is 5.97 Å². The second-order valence-corrected chi connectivity index (χ2v) is 3.53. The van der Waals surface area contributed by atoms with E-state index in [2.05, 4.69) is 10.1 Å². The first-order chi connectivity index (χ1) is 7.22. The van der Waals surface area contributed by atoms with Crippen LogP contribution in [0.1, 0.15) is 12.7 Å². The van der Waals surface area contributed by atoms with Gasteiger partial charge in [0.05, 0.1) is 6.61 Å². The minimum Gasteiger partial charge on any atom is -0.481 e. The van der Waals surface area contributed by atoms with E-state index in [0.717, 1.165) is 11.8 Å². The van der Waals surface area contributed by atoms with Gasteiger partial charge in [-0.1, -0.05) is 16.9 Å². The fraction of sp³-hybridized carbons (Fsp3) is 0.625. The summed E-state index contributed by atoms with van der Waals surface area (Å²) in [6.45, 7) is 3.10. The first-order valence-corrected chi connectivity index (χ1v) is 5.46. The third-order valence-corrected chi connectivity index (χ3v) is 2.25. The van der Waals surface area contributed by atoms with Crippen LogP contribution < -0.4 is 0 Å². The van der Waals surface area contributed by atoms with Crippen LogP contribution in [-0.2, 0) is 16.0 Å². The first-order valence-electron chi connectivity index (χ1n) is 4.47. The van der Waals surface area contributed by atoms with Gasteiger partial charge in [0, 0.05) is 13.0 Å². The van der Waals surface area contributed by atoms with Crippen LogP contribution in [0.5, 0.6) is 0 Å². The highest BCUT2D eigenvalue weighted by atomic mass is 32.2. The Balaban J connectivity index is 2.32. The lowest BCUT2D eigenvalue weighted by Crippen LogP contribution is -1.99. The van der Waals surface area contributed by atoms with Crippen LogP contribution in [0, 0.1) is 0 Å². The van der Waals surface area contributed by atoms with Gasteiger partial charge in [-0.3, -0.25) is 4.79 Å². The second kappa shape index (κ2) is 6.41. The molecule has 0 amide bonds. The van der Waals surface area contributed by atoms with E-state index < -0.39 is 5.97 Å². The fourth-order valence-corrected chi connectivity index (χ4v) is 1.34. The predicted octanol–water partition coefficient (Wildman–Crippen LogP) is 0.825. The predicted molar refractivity (Wildman–Crippen MR) is 52.9 cm³/mol. The maximum atomic E-state index is 10.3. The van der Waals surface area contributed by atoms with Crippen LogP contribution in [0.25, 0.3) is 0 Å². The molecule has 84 valence electrons. The van der Waals surface area contributed by atoms with Crippen molar-refractivity contribution in [1.29, 1.82) is 0 Å². The smallest absolute Gasteiger partial charge is 0.314 e. The Morgan fingerprint density at radius 3 is 3.13 bits per heavy atom. The Morgan fingerprint density at radius 2 is 2.47 bits per heavy atom. The summed E-state index contributed by atoms with van der Waals surface area (Å²) in [5, 5.41) is 12.4. The van der Waals surface area contributed by atoms with E-state index in [1.54, 1.807) is 0 Å². The molecule has 1 aromatic rings. The van der Waals surface area contributed by atoms with Crippen molar-refractivity contribution in [3.8, 4) is 0 Å². The van der Waals surface area contributed by atoms with Gasteiger partial charge in [0.15, 0.2) is 5.82 Å². The number of aliphatic carboxylic acids is 1. The molecule has 0 aromatic carbocycles. The van der Waals surface area contributed by atoms with E-state index in [4.69, 9.17) is 14.4 Å². The molecule has 0 aliphatic carbocycles. The number of carboxylic acids is 1. The van der Waals surface area contributed by atoms with Crippen LogP contribution >= 0.6 is 11.8 Å². The summed E-state index contributed by atoms with van der Waals surface area (Å²) in [5.41, 5.74) is 0. The fourth-order valence-electron chi connectivity index (χ4n) is 0.829. The number of carbonyl (C=O) groups is 1. The monoisotopic (exact) mass is 232 g/mol. The summed E-state index contributed by atoms with van der Waals surface area (Å²) in [7, 11) is 0. The van der Waals surface area contributed by atoms with Gasteiger partial charge in [0.25, 0.3) is 5.22 Å². The first kappa shape index (κ1) is 12.0. The molecule has 0 aliphatic rings. The normalized spacial score (nSPS) is 10.5. The molecule has 1 heterocycles. The van der Waals surface area contributed by atoms with Gasteiger partial charge in [-0.15, -0.1) is 0 Å². The Labute approximate surface area is 91.0 Å². The van der Waals surface area contributed by atoms with Crippen molar-refractivity contribution >= 4 is 17.7 Å². The molecule has 0 bridgehead atoms. The number of hydrogen-bond donors (Lipinski definition) is 1. The summed E-state index contributed by atoms with van der Waals surface area (Å²) in [4.78, 5) is 14.3. The van der Waals surface area contributed by atoms with Gasteiger partial charge in [0.2, 0.25) is 0 Å². The van der Waals surface area contributed by atoms with Crippen molar-refractivity contribution in [1.82, 2.24) is 10.1 Å². The molecule has 0 saturated carbocycles. The van der Waals surface area contributed by atoms with Crippen LogP contribution in [-0.4, -0.2) is 40.2 Å². The molecule has 0 saturated heterocycles. The lowest BCUT2D eigenvalue weighted by molar-refractivity contribution is -0.133. The molecule has 0 fully saturated rings. The molecular weight excluding hydrogens is 220 g/mol. The number of rotatable bonds is 7. The van der Waals surface area contributed by atoms with E-state index in [0.29, 0.717) is 25.5 Å². The topological polar surface area (TPSA) is 85.5 Å². The Morgan fingerprint density at radius 1 is 1.67 bits per heavy atom. The lowest BCUT2D eigenvalue weighted by atomic mass is 10.4. The van der Waals surface area contributed by atoms with Crippen molar-refractivity contribution in [2.24, 2.45) is 0 Å². The van der Waals surface area contributed by atoms with E-state index in [9.17, 15) is 4.79 Å². The number of thioether (sulfide) groups is 1. The summed E-state index contributed by atoms with van der Waals surface area (Å²) in [6, 6.07) is 0. The molecular formula is C8H12N2O4S. The Kier molecular flexibility index (Phi) is 5.13. The molecule has 0 atom stereocenters. The highest BCUT2D eigenvalue weighted by Crippen LogP contribution is 2.14. The number of ether oxygens (including phenoxy) is 1. The number of carboxylic acid groups (broad SMARTS) is 1. The molecule has 7 heteroatoms. The zero-order valence-corrected chi connectivity index (χ0v) is 9.12. The van der Waals surface area contributed by atoms with Gasteiger partial charge in [-0.25, -0.2) is 0 Å². The third-order valence-electron chi connectivity index (χ3n) is 1.44. The molecule has 0 aliphatic heterocycles. The number of hydrogen-bond acceptors (Lipinski definition) is 6. The van der Waals surface area contributed by atoms with E-state index >= 15 is 0 Å². The van der Waals surface area contributed by atoms with Gasteiger partial charge < -0.3 is 14.4 Å². The van der Waals surface area contributed by atoms with E-state index in [1.807, 2.05) is 6.92 Å². The van der Waals surface area contributed by atoms with E-state index in [1.165, 1.54) is 0 Å². The van der Waals surface area contributed by atoms with Crippen molar-refractivity contribution in [3.63, 3.8) is 0 Å². The minimum atomic E-state index is -0.908. The van der Waals surface area contributed by atoms with Crippen LogP contribution in [0.4, 0.5) is 0 Å². The van der Waals surface area contributed by atoms with Crippen molar-refractivity contribution in [3.05, 3.63) is 5.82 Å². The third kappa shape index (κ3) is 4.80. The highest BCUT2D eigenvalue weighted by Gasteiger charge is 2.08. The highest BCUT2D eigenvalue weighted by molar-refractivity contribution is 7.99. The van der Waals surface area contributed by atoms with E-state index in [-0.39, 0.29) is 11.0 Å². The maximum Gasteiger partial charge on any atom is 0.314 e. The summed E-state index contributed by atoms with van der Waals surface area (Å²) in [6.07, 6.45) is 0.574. The molecule has 1 rings (SSSR count). The minimum absolute atomic E-state index is 0.0763. The number of nitrogens with zero attached hydrogens (tertiary/aromatic N) is 2. The summed E-state index contributed by atoms with van der Waals surface area (Å²) < 4.78 is 9.95. The summed E-state index contributed by atoms with van der Waals surface area (Å²) in [5.74, 6) is -0.446. The van der Waals surface area contributed by atoms with Crippen LogP contribution in [0.2, 0.25) is 0 Å². The SMILES string of the molecule is CCOCCc1noc(SCC(=O)O)n1. The molecule has 0 radical (unpaired) electrons. The van der Waals surface area contributed by atoms with Crippen LogP contribution in [0.15, 0.2) is 9.75 Å². The lowest BCUT2D eigenvalue weighted by Gasteiger charge is -1.94.